The monoisotopic (exact) mass is 386 g/mol. The molecule has 1 aliphatic heterocycles. The first kappa shape index (κ1) is 19.2. The van der Waals surface area contributed by atoms with Gasteiger partial charge in [0.25, 0.3) is 11.8 Å². The van der Waals surface area contributed by atoms with Gasteiger partial charge in [0.15, 0.2) is 0 Å². The number of hydrogen-bond acceptors (Lipinski definition) is 3. The first-order valence-electron chi connectivity index (χ1n) is 9.13. The second-order valence-corrected chi connectivity index (χ2v) is 7.02. The Morgan fingerprint density at radius 3 is 2.30 bits per heavy atom. The van der Waals surface area contributed by atoms with Gasteiger partial charge in [-0.05, 0) is 55.3 Å². The van der Waals surface area contributed by atoms with Crippen LogP contribution in [0.1, 0.15) is 46.4 Å². The third kappa shape index (κ3) is 4.80. The third-order valence-corrected chi connectivity index (χ3v) is 4.94. The van der Waals surface area contributed by atoms with E-state index < -0.39 is 0 Å². The fourth-order valence-electron chi connectivity index (χ4n) is 3.18. The Kier molecular flexibility index (Phi) is 6.35. The van der Waals surface area contributed by atoms with Gasteiger partial charge in [0.2, 0.25) is 0 Å². The normalized spacial score (nSPS) is 14.4. The number of hydrogen-bond donors (Lipinski definition) is 1. The quantitative estimate of drug-likeness (QED) is 0.834. The van der Waals surface area contributed by atoms with Crippen molar-refractivity contribution in [3.8, 4) is 5.75 Å². The maximum absolute atomic E-state index is 13.0. The molecule has 27 heavy (non-hydrogen) atoms. The maximum atomic E-state index is 13.0. The van der Waals surface area contributed by atoms with Crippen LogP contribution in [-0.2, 0) is 0 Å². The fraction of sp³-hybridized carbons (Fsp3) is 0.333. The molecule has 0 saturated carbocycles. The third-order valence-electron chi connectivity index (χ3n) is 4.71. The number of carbonyl (C=O) groups is 2. The number of nitrogens with zero attached hydrogens (tertiary/aromatic N) is 1. The zero-order valence-corrected chi connectivity index (χ0v) is 16.1. The van der Waals surface area contributed by atoms with Crippen LogP contribution in [0.25, 0.3) is 0 Å². The Morgan fingerprint density at radius 1 is 1.00 bits per heavy atom. The minimum absolute atomic E-state index is 0.0931. The molecule has 0 spiro atoms. The van der Waals surface area contributed by atoms with Crippen LogP contribution in [0, 0.1) is 0 Å². The number of amides is 2. The highest BCUT2D eigenvalue weighted by Crippen LogP contribution is 2.24. The van der Waals surface area contributed by atoms with Crippen molar-refractivity contribution in [1.29, 1.82) is 0 Å². The molecule has 2 aromatic carbocycles. The van der Waals surface area contributed by atoms with E-state index in [1.165, 1.54) is 0 Å². The van der Waals surface area contributed by atoms with E-state index >= 15 is 0 Å². The lowest BCUT2D eigenvalue weighted by Gasteiger charge is -2.22. The molecule has 2 aromatic rings. The van der Waals surface area contributed by atoms with Gasteiger partial charge in [-0.3, -0.25) is 9.59 Å². The van der Waals surface area contributed by atoms with E-state index in [-0.39, 0.29) is 11.8 Å². The van der Waals surface area contributed by atoms with Crippen molar-refractivity contribution in [3.63, 3.8) is 0 Å². The molecule has 3 rings (SSSR count). The van der Waals surface area contributed by atoms with E-state index in [1.54, 1.807) is 49.6 Å². The molecule has 1 heterocycles. The highest BCUT2D eigenvalue weighted by atomic mass is 35.5. The Hall–Kier alpha value is -2.53. The summed E-state index contributed by atoms with van der Waals surface area (Å²) < 4.78 is 5.11. The van der Waals surface area contributed by atoms with Gasteiger partial charge in [-0.15, -0.1) is 0 Å². The Bertz CT molecular complexity index is 813. The molecule has 0 atom stereocenters. The predicted octanol–water partition coefficient (Wildman–Crippen LogP) is 4.62. The molecule has 1 fully saturated rings. The van der Waals surface area contributed by atoms with E-state index in [2.05, 4.69) is 5.32 Å². The number of likely N-dealkylation sites (tertiary alicyclic amines) is 1. The number of nitrogens with one attached hydrogen (secondary N) is 1. The number of anilines is 1. The van der Waals surface area contributed by atoms with Crippen LogP contribution in [0.5, 0.6) is 5.75 Å². The van der Waals surface area contributed by atoms with Crippen LogP contribution in [0.4, 0.5) is 5.69 Å². The largest absolute Gasteiger partial charge is 0.497 e. The number of carbonyl (C=O) groups excluding carboxylic acids is 2. The number of methoxy groups -OCH3 is 1. The zero-order valence-electron chi connectivity index (χ0n) is 15.3. The summed E-state index contributed by atoms with van der Waals surface area (Å²) >= 11 is 6.12. The molecule has 1 saturated heterocycles. The molecule has 6 heteroatoms. The van der Waals surface area contributed by atoms with E-state index in [0.29, 0.717) is 27.6 Å². The van der Waals surface area contributed by atoms with Gasteiger partial charge in [0.05, 0.1) is 18.4 Å². The Balaban J connectivity index is 1.82. The molecule has 0 aromatic heterocycles. The summed E-state index contributed by atoms with van der Waals surface area (Å²) in [6.45, 7) is 1.47. The second-order valence-electron chi connectivity index (χ2n) is 6.58. The highest BCUT2D eigenvalue weighted by Gasteiger charge is 2.21. The minimum atomic E-state index is -0.287. The van der Waals surface area contributed by atoms with E-state index in [9.17, 15) is 9.59 Å². The van der Waals surface area contributed by atoms with Gasteiger partial charge in [0.1, 0.15) is 5.75 Å². The number of rotatable bonds is 4. The average Bonchev–Trinajstić information content (AvgIpc) is 2.98. The van der Waals surface area contributed by atoms with Crippen molar-refractivity contribution in [1.82, 2.24) is 4.90 Å². The smallest absolute Gasteiger partial charge is 0.256 e. The maximum Gasteiger partial charge on any atom is 0.256 e. The standard InChI is InChI=1S/C21H23ClN2O3/c1-27-17-9-6-15(7-10-17)20(25)23-19-11-8-16(22)14-18(19)21(26)24-12-4-2-3-5-13-24/h6-11,14H,2-5,12-13H2,1H3,(H,23,25). The van der Waals surface area contributed by atoms with Crippen LogP contribution in [0.2, 0.25) is 5.02 Å². The summed E-state index contributed by atoms with van der Waals surface area (Å²) in [4.78, 5) is 27.5. The second kappa shape index (κ2) is 8.91. The van der Waals surface area contributed by atoms with Crippen LogP contribution in [-0.4, -0.2) is 36.9 Å². The van der Waals surface area contributed by atoms with Gasteiger partial charge in [-0.2, -0.15) is 0 Å². The van der Waals surface area contributed by atoms with Gasteiger partial charge < -0.3 is 15.0 Å². The van der Waals surface area contributed by atoms with Crippen molar-refractivity contribution >= 4 is 29.1 Å². The lowest BCUT2D eigenvalue weighted by Crippen LogP contribution is -2.32. The molecular formula is C21H23ClN2O3. The average molecular weight is 387 g/mol. The first-order valence-corrected chi connectivity index (χ1v) is 9.50. The number of halogens is 1. The number of benzene rings is 2. The van der Waals surface area contributed by atoms with Crippen molar-refractivity contribution in [2.75, 3.05) is 25.5 Å². The summed E-state index contributed by atoms with van der Waals surface area (Å²) in [7, 11) is 1.57. The summed E-state index contributed by atoms with van der Waals surface area (Å²) in [6.07, 6.45) is 4.28. The number of ether oxygens (including phenoxy) is 1. The lowest BCUT2D eigenvalue weighted by atomic mass is 10.1. The van der Waals surface area contributed by atoms with Crippen molar-refractivity contribution < 1.29 is 14.3 Å². The Morgan fingerprint density at radius 2 is 1.67 bits per heavy atom. The molecule has 2 amide bonds. The van der Waals surface area contributed by atoms with Crippen molar-refractivity contribution in [2.24, 2.45) is 0 Å². The first-order chi connectivity index (χ1) is 13.1. The van der Waals surface area contributed by atoms with Crippen LogP contribution in [0.15, 0.2) is 42.5 Å². The molecule has 0 unspecified atom stereocenters. The SMILES string of the molecule is COc1ccc(C(=O)Nc2ccc(Cl)cc2C(=O)N2CCCCCC2)cc1. The molecular weight excluding hydrogens is 364 g/mol. The minimum Gasteiger partial charge on any atom is -0.497 e. The topological polar surface area (TPSA) is 58.6 Å². The fourth-order valence-corrected chi connectivity index (χ4v) is 3.36. The van der Waals surface area contributed by atoms with E-state index in [4.69, 9.17) is 16.3 Å². The molecule has 5 nitrogen and oxygen atoms in total. The molecule has 1 aliphatic rings. The van der Waals surface area contributed by atoms with Crippen LogP contribution < -0.4 is 10.1 Å². The van der Waals surface area contributed by atoms with Gasteiger partial charge in [-0.1, -0.05) is 24.4 Å². The summed E-state index contributed by atoms with van der Waals surface area (Å²) in [6, 6.07) is 11.8. The van der Waals surface area contributed by atoms with Crippen LogP contribution in [0.3, 0.4) is 0 Å². The summed E-state index contributed by atoms with van der Waals surface area (Å²) in [5.74, 6) is 0.296. The van der Waals surface area contributed by atoms with Gasteiger partial charge >= 0.3 is 0 Å². The predicted molar refractivity (Wildman–Crippen MR) is 107 cm³/mol. The van der Waals surface area contributed by atoms with Crippen LogP contribution >= 0.6 is 11.6 Å². The van der Waals surface area contributed by atoms with E-state index in [1.807, 2.05) is 4.90 Å². The van der Waals surface area contributed by atoms with Crippen molar-refractivity contribution in [3.05, 3.63) is 58.6 Å². The molecule has 1 N–H and O–H groups in total. The molecule has 0 aliphatic carbocycles. The van der Waals surface area contributed by atoms with Gasteiger partial charge in [-0.25, -0.2) is 0 Å². The van der Waals surface area contributed by atoms with Crippen molar-refractivity contribution in [2.45, 2.75) is 25.7 Å². The molecule has 0 radical (unpaired) electrons. The highest BCUT2D eigenvalue weighted by molar-refractivity contribution is 6.31. The molecule has 142 valence electrons. The summed E-state index contributed by atoms with van der Waals surface area (Å²) in [5.41, 5.74) is 1.37. The van der Waals surface area contributed by atoms with E-state index in [0.717, 1.165) is 38.8 Å². The molecule has 0 bridgehead atoms. The lowest BCUT2D eigenvalue weighted by molar-refractivity contribution is 0.0762. The zero-order chi connectivity index (χ0) is 19.2. The van der Waals surface area contributed by atoms with Gasteiger partial charge in [0, 0.05) is 23.7 Å². The Labute approximate surface area is 164 Å². The summed E-state index contributed by atoms with van der Waals surface area (Å²) in [5, 5.41) is 3.31.